The van der Waals surface area contributed by atoms with Crippen LogP contribution in [-0.2, 0) is 10.4 Å². The Hall–Kier alpha value is -2.40. The number of hydrogen-bond donors (Lipinski definition) is 3. The number of aromatic hydroxyl groups is 1. The fourth-order valence-corrected chi connectivity index (χ4v) is 2.81. The van der Waals surface area contributed by atoms with Crippen molar-refractivity contribution >= 4 is 11.6 Å². The molecule has 120 valence electrons. The first kappa shape index (κ1) is 15.5. The van der Waals surface area contributed by atoms with Gasteiger partial charge in [-0.05, 0) is 36.5 Å². The highest BCUT2D eigenvalue weighted by Crippen LogP contribution is 2.47. The molecule has 2 aromatic carbocycles. The number of carbonyl (C=O) groups excluding carboxylic acids is 1. The molecular weight excluding hydrogens is 297 g/mol. The Kier molecular flexibility index (Phi) is 4.05. The molecule has 1 saturated carbocycles. The summed E-state index contributed by atoms with van der Waals surface area (Å²) < 4.78 is 13.7. The molecule has 2 aromatic rings. The molecule has 0 radical (unpaired) electrons. The third kappa shape index (κ3) is 3.35. The van der Waals surface area contributed by atoms with Gasteiger partial charge in [0.15, 0.2) is 0 Å². The summed E-state index contributed by atoms with van der Waals surface area (Å²) in [5, 5.41) is 22.6. The van der Waals surface area contributed by atoms with Crippen LogP contribution in [0.3, 0.4) is 0 Å². The maximum absolute atomic E-state index is 13.7. The molecule has 0 spiro atoms. The SMILES string of the molecule is O=C(C[C@@](O)(c1ccccc1)C1CC1)Nc1ccc(O)cc1F. The lowest BCUT2D eigenvalue weighted by atomic mass is 9.85. The molecule has 0 heterocycles. The van der Waals surface area contributed by atoms with E-state index in [1.165, 1.54) is 12.1 Å². The molecule has 0 saturated heterocycles. The molecular formula is C18H18FNO3. The van der Waals surface area contributed by atoms with Crippen molar-refractivity contribution in [1.29, 1.82) is 0 Å². The molecule has 5 heteroatoms. The molecule has 0 aromatic heterocycles. The van der Waals surface area contributed by atoms with Crippen LogP contribution in [0.4, 0.5) is 10.1 Å². The molecule has 1 aliphatic rings. The van der Waals surface area contributed by atoms with Gasteiger partial charge in [-0.1, -0.05) is 30.3 Å². The summed E-state index contributed by atoms with van der Waals surface area (Å²) in [6.45, 7) is 0. The van der Waals surface area contributed by atoms with Gasteiger partial charge in [0.2, 0.25) is 5.91 Å². The van der Waals surface area contributed by atoms with Crippen LogP contribution in [0.1, 0.15) is 24.8 Å². The fraction of sp³-hybridized carbons (Fsp3) is 0.278. The highest BCUT2D eigenvalue weighted by Gasteiger charge is 2.46. The van der Waals surface area contributed by atoms with E-state index in [1.807, 2.05) is 18.2 Å². The molecule has 4 nitrogen and oxygen atoms in total. The number of aliphatic hydroxyl groups is 1. The van der Waals surface area contributed by atoms with E-state index < -0.39 is 17.3 Å². The number of benzene rings is 2. The van der Waals surface area contributed by atoms with E-state index in [-0.39, 0.29) is 23.8 Å². The van der Waals surface area contributed by atoms with Crippen molar-refractivity contribution in [3.8, 4) is 5.75 Å². The van der Waals surface area contributed by atoms with E-state index in [1.54, 1.807) is 12.1 Å². The second-order valence-corrected chi connectivity index (χ2v) is 5.95. The Morgan fingerprint density at radius 2 is 1.91 bits per heavy atom. The first-order valence-corrected chi connectivity index (χ1v) is 7.55. The van der Waals surface area contributed by atoms with Crippen LogP contribution in [0, 0.1) is 11.7 Å². The normalized spacial score (nSPS) is 16.6. The van der Waals surface area contributed by atoms with Crippen LogP contribution < -0.4 is 5.32 Å². The molecule has 3 rings (SSSR count). The van der Waals surface area contributed by atoms with Crippen LogP contribution in [0.5, 0.6) is 5.75 Å². The third-order valence-electron chi connectivity index (χ3n) is 4.18. The van der Waals surface area contributed by atoms with E-state index in [0.29, 0.717) is 5.56 Å². The van der Waals surface area contributed by atoms with E-state index in [2.05, 4.69) is 5.32 Å². The minimum atomic E-state index is -1.24. The number of anilines is 1. The highest BCUT2D eigenvalue weighted by atomic mass is 19.1. The van der Waals surface area contributed by atoms with Crippen LogP contribution in [0.15, 0.2) is 48.5 Å². The molecule has 23 heavy (non-hydrogen) atoms. The maximum atomic E-state index is 13.7. The Morgan fingerprint density at radius 3 is 2.52 bits per heavy atom. The second kappa shape index (κ2) is 6.01. The quantitative estimate of drug-likeness (QED) is 0.742. The molecule has 1 aliphatic carbocycles. The average molecular weight is 315 g/mol. The summed E-state index contributed by atoms with van der Waals surface area (Å²) >= 11 is 0. The second-order valence-electron chi connectivity index (χ2n) is 5.95. The number of nitrogens with one attached hydrogen (secondary N) is 1. The lowest BCUT2D eigenvalue weighted by Gasteiger charge is -2.28. The molecule has 1 fully saturated rings. The minimum Gasteiger partial charge on any atom is -0.508 e. The first-order valence-electron chi connectivity index (χ1n) is 7.55. The smallest absolute Gasteiger partial charge is 0.227 e. The molecule has 0 aliphatic heterocycles. The van der Waals surface area contributed by atoms with E-state index in [9.17, 15) is 19.4 Å². The van der Waals surface area contributed by atoms with Crippen molar-refractivity contribution in [2.75, 3.05) is 5.32 Å². The van der Waals surface area contributed by atoms with Crippen LogP contribution in [-0.4, -0.2) is 16.1 Å². The van der Waals surface area contributed by atoms with Crippen molar-refractivity contribution in [2.45, 2.75) is 24.9 Å². The Balaban J connectivity index is 1.77. The number of rotatable bonds is 5. The average Bonchev–Trinajstić information content (AvgIpc) is 3.36. The number of hydrogen-bond acceptors (Lipinski definition) is 3. The van der Waals surface area contributed by atoms with Crippen molar-refractivity contribution in [1.82, 2.24) is 0 Å². The predicted molar refractivity (Wildman–Crippen MR) is 84.4 cm³/mol. The van der Waals surface area contributed by atoms with Gasteiger partial charge in [0.1, 0.15) is 17.2 Å². The molecule has 1 amide bonds. The van der Waals surface area contributed by atoms with E-state index in [0.717, 1.165) is 18.9 Å². The fourth-order valence-electron chi connectivity index (χ4n) is 2.81. The van der Waals surface area contributed by atoms with Crippen molar-refractivity contribution in [2.24, 2.45) is 5.92 Å². The summed E-state index contributed by atoms with van der Waals surface area (Å²) in [5.74, 6) is -1.35. The molecule has 0 bridgehead atoms. The van der Waals surface area contributed by atoms with Crippen molar-refractivity contribution in [3.05, 3.63) is 59.9 Å². The monoisotopic (exact) mass is 315 g/mol. The van der Waals surface area contributed by atoms with Gasteiger partial charge < -0.3 is 15.5 Å². The van der Waals surface area contributed by atoms with Gasteiger partial charge in [-0.2, -0.15) is 0 Å². The Morgan fingerprint density at radius 1 is 1.22 bits per heavy atom. The van der Waals surface area contributed by atoms with Gasteiger partial charge in [-0.15, -0.1) is 0 Å². The zero-order valence-electron chi connectivity index (χ0n) is 12.5. The van der Waals surface area contributed by atoms with Gasteiger partial charge in [-0.3, -0.25) is 4.79 Å². The molecule has 3 N–H and O–H groups in total. The standard InChI is InChI=1S/C18H18FNO3/c19-15-10-14(21)8-9-16(15)20-17(22)11-18(23,13-6-7-13)12-4-2-1-3-5-12/h1-5,8-10,13,21,23H,6-7,11H2,(H,20,22)/t18-/m1/s1. The van der Waals surface area contributed by atoms with Gasteiger partial charge in [-0.25, -0.2) is 4.39 Å². The molecule has 0 unspecified atom stereocenters. The Labute approximate surface area is 133 Å². The summed E-state index contributed by atoms with van der Waals surface area (Å²) in [4.78, 5) is 12.3. The summed E-state index contributed by atoms with van der Waals surface area (Å²) in [6, 6.07) is 12.6. The van der Waals surface area contributed by atoms with Crippen molar-refractivity contribution in [3.63, 3.8) is 0 Å². The molecule has 1 atom stereocenters. The van der Waals surface area contributed by atoms with Gasteiger partial charge in [0.25, 0.3) is 0 Å². The third-order valence-corrected chi connectivity index (χ3v) is 4.18. The number of phenols is 1. The maximum Gasteiger partial charge on any atom is 0.227 e. The van der Waals surface area contributed by atoms with Gasteiger partial charge in [0.05, 0.1) is 12.1 Å². The minimum absolute atomic E-state index is 0.0148. The van der Waals surface area contributed by atoms with E-state index in [4.69, 9.17) is 0 Å². The summed E-state index contributed by atoms with van der Waals surface area (Å²) in [6.07, 6.45) is 1.60. The lowest BCUT2D eigenvalue weighted by molar-refractivity contribution is -0.122. The summed E-state index contributed by atoms with van der Waals surface area (Å²) in [7, 11) is 0. The first-order chi connectivity index (χ1) is 11.0. The van der Waals surface area contributed by atoms with E-state index >= 15 is 0 Å². The van der Waals surface area contributed by atoms with Crippen LogP contribution in [0.2, 0.25) is 0 Å². The number of halogens is 1. The number of phenolic OH excluding ortho intramolecular Hbond substituents is 1. The number of amides is 1. The lowest BCUT2D eigenvalue weighted by Crippen LogP contribution is -2.33. The van der Waals surface area contributed by atoms with Gasteiger partial charge >= 0.3 is 0 Å². The topological polar surface area (TPSA) is 69.6 Å². The van der Waals surface area contributed by atoms with Crippen LogP contribution in [0.25, 0.3) is 0 Å². The highest BCUT2D eigenvalue weighted by molar-refractivity contribution is 5.91. The Bertz CT molecular complexity index is 715. The van der Waals surface area contributed by atoms with Crippen molar-refractivity contribution < 1.29 is 19.4 Å². The summed E-state index contributed by atoms with van der Waals surface area (Å²) in [5.41, 5.74) is -0.554. The largest absolute Gasteiger partial charge is 0.508 e. The predicted octanol–water partition coefficient (Wildman–Crippen LogP) is 3.16. The zero-order chi connectivity index (χ0) is 16.4. The van der Waals surface area contributed by atoms with Gasteiger partial charge in [0, 0.05) is 6.07 Å². The zero-order valence-corrected chi connectivity index (χ0v) is 12.5. The van der Waals surface area contributed by atoms with Crippen LogP contribution >= 0.6 is 0 Å². The number of carbonyl (C=O) groups is 1.